The topological polar surface area (TPSA) is 78.1 Å². The SMILES string of the molecule is COCC1(C(=O)NCCOc2cc(OC)cc(OC)c2)CCNCC1.Cl. The number of hydrogen-bond donors (Lipinski definition) is 2. The zero-order valence-electron chi connectivity index (χ0n) is 15.6. The summed E-state index contributed by atoms with van der Waals surface area (Å²) in [5.74, 6) is 1.99. The summed E-state index contributed by atoms with van der Waals surface area (Å²) in [7, 11) is 4.82. The van der Waals surface area contributed by atoms with E-state index in [-0.39, 0.29) is 18.3 Å². The fourth-order valence-electron chi connectivity index (χ4n) is 3.00. The monoisotopic (exact) mass is 388 g/mol. The molecule has 1 heterocycles. The molecule has 0 bridgehead atoms. The summed E-state index contributed by atoms with van der Waals surface area (Å²) in [6, 6.07) is 5.34. The van der Waals surface area contributed by atoms with Crippen LogP contribution < -0.4 is 24.8 Å². The second-order valence-electron chi connectivity index (χ2n) is 6.12. The van der Waals surface area contributed by atoms with E-state index < -0.39 is 5.41 Å². The number of hydrogen-bond acceptors (Lipinski definition) is 6. The van der Waals surface area contributed by atoms with Crippen molar-refractivity contribution < 1.29 is 23.7 Å². The van der Waals surface area contributed by atoms with E-state index in [4.69, 9.17) is 18.9 Å². The zero-order valence-corrected chi connectivity index (χ0v) is 16.4. The van der Waals surface area contributed by atoms with Gasteiger partial charge in [0.25, 0.3) is 0 Å². The van der Waals surface area contributed by atoms with E-state index in [9.17, 15) is 4.79 Å². The van der Waals surface area contributed by atoms with Crippen molar-refractivity contribution in [2.24, 2.45) is 5.41 Å². The van der Waals surface area contributed by atoms with Gasteiger partial charge in [0.15, 0.2) is 0 Å². The van der Waals surface area contributed by atoms with Crippen LogP contribution in [0, 0.1) is 5.41 Å². The van der Waals surface area contributed by atoms with Crippen molar-refractivity contribution in [3.8, 4) is 17.2 Å². The third-order valence-corrected chi connectivity index (χ3v) is 4.44. The molecule has 1 fully saturated rings. The molecule has 0 saturated carbocycles. The van der Waals surface area contributed by atoms with E-state index in [0.29, 0.717) is 37.0 Å². The summed E-state index contributed by atoms with van der Waals surface area (Å²) in [5.41, 5.74) is -0.445. The number of amides is 1. The molecular formula is C18H29ClN2O5. The highest BCUT2D eigenvalue weighted by Gasteiger charge is 2.39. The predicted octanol–water partition coefficient (Wildman–Crippen LogP) is 1.64. The van der Waals surface area contributed by atoms with Gasteiger partial charge in [0.05, 0.1) is 32.8 Å². The van der Waals surface area contributed by atoms with Crippen LogP contribution >= 0.6 is 12.4 Å². The first-order valence-corrected chi connectivity index (χ1v) is 8.47. The maximum Gasteiger partial charge on any atom is 0.228 e. The maximum atomic E-state index is 12.6. The maximum absolute atomic E-state index is 12.6. The summed E-state index contributed by atoms with van der Waals surface area (Å²) < 4.78 is 21.4. The van der Waals surface area contributed by atoms with Gasteiger partial charge >= 0.3 is 0 Å². The second kappa shape index (κ2) is 11.1. The Labute approximate surface area is 161 Å². The average molecular weight is 389 g/mol. The number of methoxy groups -OCH3 is 3. The molecule has 148 valence electrons. The molecular weight excluding hydrogens is 360 g/mol. The van der Waals surface area contributed by atoms with E-state index in [1.54, 1.807) is 39.5 Å². The van der Waals surface area contributed by atoms with Crippen LogP contribution in [-0.4, -0.2) is 60.1 Å². The first kappa shape index (κ1) is 22.3. The summed E-state index contributed by atoms with van der Waals surface area (Å²) >= 11 is 0. The molecule has 1 aliphatic rings. The van der Waals surface area contributed by atoms with Gasteiger partial charge in [-0.05, 0) is 25.9 Å². The predicted molar refractivity (Wildman–Crippen MR) is 102 cm³/mol. The quantitative estimate of drug-likeness (QED) is 0.626. The van der Waals surface area contributed by atoms with Crippen molar-refractivity contribution in [2.75, 3.05) is 54.2 Å². The standard InChI is InChI=1S/C18H28N2O5.ClH/c1-22-13-18(4-6-19-7-5-18)17(21)20-8-9-25-16-11-14(23-2)10-15(12-16)24-3;/h10-12,19H,4-9,13H2,1-3H3,(H,20,21);1H. The van der Waals surface area contributed by atoms with E-state index in [1.807, 2.05) is 0 Å². The molecule has 1 aromatic carbocycles. The molecule has 2 rings (SSSR count). The third kappa shape index (κ3) is 5.93. The molecule has 0 aliphatic carbocycles. The first-order valence-electron chi connectivity index (χ1n) is 8.47. The molecule has 8 heteroatoms. The van der Waals surface area contributed by atoms with Crippen LogP contribution in [0.25, 0.3) is 0 Å². The van der Waals surface area contributed by atoms with Gasteiger partial charge < -0.3 is 29.6 Å². The molecule has 0 aromatic heterocycles. The Morgan fingerprint density at radius 1 is 1.08 bits per heavy atom. The minimum absolute atomic E-state index is 0. The highest BCUT2D eigenvalue weighted by molar-refractivity contribution is 5.85. The van der Waals surface area contributed by atoms with Gasteiger partial charge in [-0.1, -0.05) is 0 Å². The first-order chi connectivity index (χ1) is 12.1. The molecule has 0 atom stereocenters. The number of nitrogens with one attached hydrogen (secondary N) is 2. The Hall–Kier alpha value is -1.70. The van der Waals surface area contributed by atoms with Gasteiger partial charge in [-0.25, -0.2) is 0 Å². The van der Waals surface area contributed by atoms with E-state index in [2.05, 4.69) is 10.6 Å². The van der Waals surface area contributed by atoms with Crippen LogP contribution in [0.4, 0.5) is 0 Å². The van der Waals surface area contributed by atoms with E-state index in [0.717, 1.165) is 25.9 Å². The molecule has 0 spiro atoms. The van der Waals surface area contributed by atoms with Crippen molar-refractivity contribution in [2.45, 2.75) is 12.8 Å². The lowest BCUT2D eigenvalue weighted by Crippen LogP contribution is -2.50. The number of rotatable bonds is 9. The number of halogens is 1. The van der Waals surface area contributed by atoms with Crippen LogP contribution in [0.5, 0.6) is 17.2 Å². The molecule has 26 heavy (non-hydrogen) atoms. The van der Waals surface area contributed by atoms with Gasteiger partial charge in [-0.2, -0.15) is 0 Å². The third-order valence-electron chi connectivity index (χ3n) is 4.44. The van der Waals surface area contributed by atoms with Gasteiger partial charge in [0.2, 0.25) is 5.91 Å². The number of carbonyl (C=O) groups is 1. The largest absolute Gasteiger partial charge is 0.496 e. The highest BCUT2D eigenvalue weighted by atomic mass is 35.5. The van der Waals surface area contributed by atoms with Gasteiger partial charge in [-0.3, -0.25) is 4.79 Å². The minimum Gasteiger partial charge on any atom is -0.496 e. The summed E-state index contributed by atoms with van der Waals surface area (Å²) in [5, 5.41) is 6.25. The lowest BCUT2D eigenvalue weighted by atomic mass is 9.78. The smallest absolute Gasteiger partial charge is 0.228 e. The van der Waals surface area contributed by atoms with Crippen molar-refractivity contribution >= 4 is 18.3 Å². The number of piperidine rings is 1. The zero-order chi connectivity index (χ0) is 18.1. The van der Waals surface area contributed by atoms with Crippen molar-refractivity contribution in [1.82, 2.24) is 10.6 Å². The van der Waals surface area contributed by atoms with Crippen LogP contribution in [0.3, 0.4) is 0 Å². The molecule has 1 aliphatic heterocycles. The average Bonchev–Trinajstić information content (AvgIpc) is 2.65. The number of carbonyl (C=O) groups excluding carboxylic acids is 1. The van der Waals surface area contributed by atoms with Crippen LogP contribution in [0.1, 0.15) is 12.8 Å². The number of benzene rings is 1. The van der Waals surface area contributed by atoms with Crippen molar-refractivity contribution in [1.29, 1.82) is 0 Å². The van der Waals surface area contributed by atoms with E-state index in [1.165, 1.54) is 0 Å². The van der Waals surface area contributed by atoms with Gasteiger partial charge in [0.1, 0.15) is 23.9 Å². The molecule has 1 saturated heterocycles. The van der Waals surface area contributed by atoms with Crippen molar-refractivity contribution in [3.05, 3.63) is 18.2 Å². The summed E-state index contributed by atoms with van der Waals surface area (Å²) in [6.07, 6.45) is 1.56. The normalized spacial score (nSPS) is 15.5. The molecule has 0 unspecified atom stereocenters. The summed E-state index contributed by atoms with van der Waals surface area (Å²) in [4.78, 5) is 12.6. The Morgan fingerprint density at radius 2 is 1.65 bits per heavy atom. The molecule has 2 N–H and O–H groups in total. The fourth-order valence-corrected chi connectivity index (χ4v) is 3.00. The lowest BCUT2D eigenvalue weighted by molar-refractivity contribution is -0.136. The molecule has 0 radical (unpaired) electrons. The Bertz CT molecular complexity index is 537. The summed E-state index contributed by atoms with van der Waals surface area (Å²) in [6.45, 7) is 2.89. The minimum atomic E-state index is -0.445. The Kier molecular flexibility index (Phi) is 9.54. The lowest BCUT2D eigenvalue weighted by Gasteiger charge is -2.35. The fraction of sp³-hybridized carbons (Fsp3) is 0.611. The van der Waals surface area contributed by atoms with Crippen LogP contribution in [0.2, 0.25) is 0 Å². The van der Waals surface area contributed by atoms with Gasteiger partial charge in [0, 0.05) is 25.3 Å². The second-order valence-corrected chi connectivity index (χ2v) is 6.12. The molecule has 1 aromatic rings. The molecule has 1 amide bonds. The Balaban J connectivity index is 0.00000338. The number of ether oxygens (including phenoxy) is 4. The van der Waals surface area contributed by atoms with Crippen LogP contribution in [0.15, 0.2) is 18.2 Å². The Morgan fingerprint density at radius 3 is 2.19 bits per heavy atom. The highest BCUT2D eigenvalue weighted by Crippen LogP contribution is 2.29. The van der Waals surface area contributed by atoms with E-state index >= 15 is 0 Å². The van der Waals surface area contributed by atoms with Gasteiger partial charge in [-0.15, -0.1) is 12.4 Å². The molecule has 7 nitrogen and oxygen atoms in total. The van der Waals surface area contributed by atoms with Crippen LogP contribution in [-0.2, 0) is 9.53 Å². The van der Waals surface area contributed by atoms with Crippen molar-refractivity contribution in [3.63, 3.8) is 0 Å².